The summed E-state index contributed by atoms with van der Waals surface area (Å²) in [7, 11) is 0. The van der Waals surface area contributed by atoms with Crippen LogP contribution in [0.15, 0.2) is 59.6 Å². The number of anilines is 2. The number of carbonyl (C=O) groups excluding carboxylic acids is 1. The molecule has 1 aromatic heterocycles. The zero-order valence-corrected chi connectivity index (χ0v) is 19.3. The van der Waals surface area contributed by atoms with Crippen molar-refractivity contribution in [3.8, 4) is 5.75 Å². The van der Waals surface area contributed by atoms with Crippen molar-refractivity contribution in [1.29, 1.82) is 0 Å². The van der Waals surface area contributed by atoms with Crippen molar-refractivity contribution in [3.05, 3.63) is 76.8 Å². The second kappa shape index (κ2) is 8.52. The summed E-state index contributed by atoms with van der Waals surface area (Å²) in [6.45, 7) is 1.87. The standard InChI is InChI=1S/C24H21ClFN3O3S/c1-14(19-5-2-3-10-27-19)32-20-13-16(29-33(31)21-7-6-15(25)11-18(21)26)12-17-22(20)28-23(30)24(17)8-4-9-24/h2-3,5-7,10-14,29H,4,8-9H2,1H3,(H,28,30). The third-order valence-corrected chi connectivity index (χ3v) is 7.60. The van der Waals surface area contributed by atoms with E-state index in [9.17, 15) is 13.7 Å². The smallest absolute Gasteiger partial charge is 0.235 e. The summed E-state index contributed by atoms with van der Waals surface area (Å²) in [4.78, 5) is 17.2. The number of amides is 1. The van der Waals surface area contributed by atoms with Gasteiger partial charge in [-0.25, -0.2) is 9.11 Å². The topological polar surface area (TPSA) is 86.3 Å². The first-order valence-corrected chi connectivity index (χ1v) is 12.1. The van der Waals surface area contributed by atoms with Crippen molar-refractivity contribution in [2.24, 2.45) is 0 Å². The lowest BCUT2D eigenvalue weighted by atomic mass is 9.65. The first kappa shape index (κ1) is 22.0. The maximum atomic E-state index is 14.3. The average Bonchev–Trinajstić information content (AvgIpc) is 3.06. The first-order chi connectivity index (χ1) is 15.9. The molecule has 33 heavy (non-hydrogen) atoms. The Bertz CT molecular complexity index is 1220. The summed E-state index contributed by atoms with van der Waals surface area (Å²) in [6, 6.07) is 13.0. The zero-order valence-electron chi connectivity index (χ0n) is 17.7. The van der Waals surface area contributed by atoms with E-state index >= 15 is 0 Å². The molecule has 1 aliphatic heterocycles. The molecule has 2 atom stereocenters. The van der Waals surface area contributed by atoms with Gasteiger partial charge in [-0.2, -0.15) is 0 Å². The van der Waals surface area contributed by atoms with E-state index in [1.54, 1.807) is 18.3 Å². The number of nitrogens with one attached hydrogen (secondary N) is 2. The molecule has 1 spiro atoms. The van der Waals surface area contributed by atoms with E-state index in [-0.39, 0.29) is 21.9 Å². The molecule has 6 nitrogen and oxygen atoms in total. The minimum atomic E-state index is -1.88. The maximum absolute atomic E-state index is 14.3. The molecular weight excluding hydrogens is 465 g/mol. The number of rotatable bonds is 6. The number of halogens is 2. The molecule has 0 radical (unpaired) electrons. The second-order valence-corrected chi connectivity index (χ2v) is 9.86. The van der Waals surface area contributed by atoms with Gasteiger partial charge in [0.05, 0.1) is 22.5 Å². The van der Waals surface area contributed by atoms with Crippen LogP contribution in [0.2, 0.25) is 5.02 Å². The highest BCUT2D eigenvalue weighted by Crippen LogP contribution is 2.54. The van der Waals surface area contributed by atoms with Crippen LogP contribution in [0.1, 0.15) is 43.5 Å². The number of ether oxygens (including phenoxy) is 1. The van der Waals surface area contributed by atoms with Crippen LogP contribution in [0.4, 0.5) is 15.8 Å². The molecule has 1 amide bonds. The molecule has 2 unspecified atom stereocenters. The highest BCUT2D eigenvalue weighted by molar-refractivity contribution is 7.92. The Morgan fingerprint density at radius 3 is 2.76 bits per heavy atom. The molecule has 9 heteroatoms. The fourth-order valence-corrected chi connectivity index (χ4v) is 5.34. The van der Waals surface area contributed by atoms with E-state index in [4.69, 9.17) is 16.3 Å². The molecule has 170 valence electrons. The van der Waals surface area contributed by atoms with Crippen LogP contribution in [-0.4, -0.2) is 15.4 Å². The highest BCUT2D eigenvalue weighted by atomic mass is 35.5. The van der Waals surface area contributed by atoms with Gasteiger partial charge in [-0.3, -0.25) is 9.78 Å². The predicted octanol–water partition coefficient (Wildman–Crippen LogP) is 5.52. The second-order valence-electron chi connectivity index (χ2n) is 8.25. The van der Waals surface area contributed by atoms with E-state index < -0.39 is 22.6 Å². The fraction of sp³-hybridized carbons (Fsp3) is 0.250. The van der Waals surface area contributed by atoms with Crippen LogP contribution in [0.3, 0.4) is 0 Å². The summed E-state index contributed by atoms with van der Waals surface area (Å²) < 4.78 is 36.3. The highest BCUT2D eigenvalue weighted by Gasteiger charge is 2.52. The predicted molar refractivity (Wildman–Crippen MR) is 125 cm³/mol. The minimum absolute atomic E-state index is 0.0169. The Balaban J connectivity index is 1.51. The SMILES string of the molecule is CC(Oc1cc(N[S+]([O-])c2ccc(Cl)cc2F)cc2c1NC(=O)C21CCC1)c1ccccn1. The molecule has 3 aromatic rings. The number of fused-ring (bicyclic) bond motifs is 2. The van der Waals surface area contributed by atoms with Crippen molar-refractivity contribution in [2.45, 2.75) is 42.6 Å². The molecule has 2 heterocycles. The minimum Gasteiger partial charge on any atom is -0.588 e. The van der Waals surface area contributed by atoms with Gasteiger partial charge in [0.1, 0.15) is 23.2 Å². The lowest BCUT2D eigenvalue weighted by Gasteiger charge is -2.36. The Morgan fingerprint density at radius 1 is 1.27 bits per heavy atom. The Labute approximate surface area is 198 Å². The van der Waals surface area contributed by atoms with Crippen molar-refractivity contribution >= 4 is 40.2 Å². The van der Waals surface area contributed by atoms with Gasteiger partial charge in [-0.05, 0) is 55.7 Å². The normalized spacial score (nSPS) is 17.6. The van der Waals surface area contributed by atoms with Crippen molar-refractivity contribution in [3.63, 3.8) is 0 Å². The molecule has 1 aliphatic carbocycles. The summed E-state index contributed by atoms with van der Waals surface area (Å²) in [5.41, 5.74) is 2.02. The van der Waals surface area contributed by atoms with Gasteiger partial charge in [0, 0.05) is 23.4 Å². The Kier molecular flexibility index (Phi) is 5.68. The lowest BCUT2D eigenvalue weighted by molar-refractivity contribution is -0.123. The van der Waals surface area contributed by atoms with E-state index in [2.05, 4.69) is 15.0 Å². The largest absolute Gasteiger partial charge is 0.588 e. The maximum Gasteiger partial charge on any atom is 0.235 e. The van der Waals surface area contributed by atoms with Crippen molar-refractivity contribution < 1.29 is 18.5 Å². The lowest BCUT2D eigenvalue weighted by Crippen LogP contribution is -2.40. The quantitative estimate of drug-likeness (QED) is 0.449. The molecule has 2 N–H and O–H groups in total. The molecule has 2 aliphatic rings. The summed E-state index contributed by atoms with van der Waals surface area (Å²) in [6.07, 6.45) is 3.72. The van der Waals surface area contributed by atoms with Gasteiger partial charge in [0.25, 0.3) is 0 Å². The number of pyridine rings is 1. The van der Waals surface area contributed by atoms with Crippen molar-refractivity contribution in [1.82, 2.24) is 4.98 Å². The van der Waals surface area contributed by atoms with Gasteiger partial charge < -0.3 is 14.6 Å². The molecule has 2 aromatic carbocycles. The summed E-state index contributed by atoms with van der Waals surface area (Å²) in [5, 5.41) is 3.20. The molecular formula is C24H21ClFN3O3S. The van der Waals surface area contributed by atoms with E-state index in [1.807, 2.05) is 25.1 Å². The summed E-state index contributed by atoms with van der Waals surface area (Å²) in [5.74, 6) is -0.276. The first-order valence-electron chi connectivity index (χ1n) is 10.6. The van der Waals surface area contributed by atoms with Gasteiger partial charge in [0.15, 0.2) is 5.82 Å². The van der Waals surface area contributed by atoms with Gasteiger partial charge >= 0.3 is 0 Å². The monoisotopic (exact) mass is 485 g/mol. The van der Waals surface area contributed by atoms with Gasteiger partial charge in [0.2, 0.25) is 10.8 Å². The average molecular weight is 486 g/mol. The third kappa shape index (κ3) is 3.92. The molecule has 0 saturated heterocycles. The van der Waals surface area contributed by atoms with Crippen LogP contribution in [0.5, 0.6) is 5.75 Å². The third-order valence-electron chi connectivity index (χ3n) is 6.21. The van der Waals surface area contributed by atoms with Gasteiger partial charge in [-0.15, -0.1) is 0 Å². The van der Waals surface area contributed by atoms with E-state index in [0.717, 1.165) is 36.6 Å². The molecule has 1 fully saturated rings. The number of nitrogens with zero attached hydrogens (tertiary/aromatic N) is 1. The zero-order chi connectivity index (χ0) is 23.2. The number of carbonyl (C=O) groups is 1. The van der Waals surface area contributed by atoms with Crippen LogP contribution < -0.4 is 14.8 Å². The van der Waals surface area contributed by atoms with E-state index in [0.29, 0.717) is 17.1 Å². The van der Waals surface area contributed by atoms with Crippen LogP contribution in [-0.2, 0) is 21.6 Å². The van der Waals surface area contributed by atoms with Crippen LogP contribution in [0, 0.1) is 5.82 Å². The number of benzene rings is 2. The van der Waals surface area contributed by atoms with Crippen LogP contribution in [0.25, 0.3) is 0 Å². The van der Waals surface area contributed by atoms with Crippen molar-refractivity contribution in [2.75, 3.05) is 10.0 Å². The summed E-state index contributed by atoms with van der Waals surface area (Å²) >= 11 is 3.93. The fourth-order valence-electron chi connectivity index (χ4n) is 4.31. The Morgan fingerprint density at radius 2 is 2.09 bits per heavy atom. The van der Waals surface area contributed by atoms with Crippen LogP contribution >= 0.6 is 11.6 Å². The number of hydrogen-bond acceptors (Lipinski definition) is 5. The Hall–Kier alpha value is -2.81. The number of hydrogen-bond donors (Lipinski definition) is 2. The van der Waals surface area contributed by atoms with Gasteiger partial charge in [-0.1, -0.05) is 24.1 Å². The van der Waals surface area contributed by atoms with E-state index in [1.165, 1.54) is 12.1 Å². The number of aromatic nitrogens is 1. The molecule has 5 rings (SSSR count). The molecule has 1 saturated carbocycles. The molecule has 0 bridgehead atoms.